The summed E-state index contributed by atoms with van der Waals surface area (Å²) in [4.78, 5) is 25.5. The van der Waals surface area contributed by atoms with E-state index >= 15 is 0 Å². The van der Waals surface area contributed by atoms with E-state index < -0.39 is 0 Å². The zero-order valence-corrected chi connectivity index (χ0v) is 17.0. The molecule has 0 spiro atoms. The number of hydrogen-bond acceptors (Lipinski definition) is 5. The van der Waals surface area contributed by atoms with E-state index in [1.807, 2.05) is 42.5 Å². The highest BCUT2D eigenvalue weighted by Gasteiger charge is 2.19. The van der Waals surface area contributed by atoms with Crippen molar-refractivity contribution in [3.05, 3.63) is 65.2 Å². The summed E-state index contributed by atoms with van der Waals surface area (Å²) in [6, 6.07) is 16.0. The highest BCUT2D eigenvalue weighted by atomic mass is 16.5. The molecule has 3 heterocycles. The molecule has 0 unspecified atom stereocenters. The van der Waals surface area contributed by atoms with Crippen LogP contribution in [0.4, 0.5) is 5.69 Å². The maximum atomic E-state index is 12.9. The Bertz CT molecular complexity index is 1240. The number of nitrogens with zero attached hydrogens (tertiary/aromatic N) is 4. The van der Waals surface area contributed by atoms with E-state index in [0.29, 0.717) is 12.1 Å². The minimum Gasteiger partial charge on any atom is -0.495 e. The summed E-state index contributed by atoms with van der Waals surface area (Å²) in [5, 5.41) is 0.990. The van der Waals surface area contributed by atoms with Gasteiger partial charge in [-0.05, 0) is 18.2 Å². The molecule has 30 heavy (non-hydrogen) atoms. The molecular formula is C23H25N5O2. The van der Waals surface area contributed by atoms with Crippen molar-refractivity contribution in [3.8, 4) is 5.75 Å². The van der Waals surface area contributed by atoms with Gasteiger partial charge in [0.05, 0.1) is 19.1 Å². The van der Waals surface area contributed by atoms with E-state index in [0.717, 1.165) is 60.6 Å². The van der Waals surface area contributed by atoms with Crippen LogP contribution >= 0.6 is 0 Å². The molecule has 7 nitrogen and oxygen atoms in total. The van der Waals surface area contributed by atoms with Gasteiger partial charge in [0.2, 0.25) is 0 Å². The predicted octanol–water partition coefficient (Wildman–Crippen LogP) is 2.71. The molecule has 1 fully saturated rings. The number of rotatable bonds is 5. The van der Waals surface area contributed by atoms with E-state index in [4.69, 9.17) is 4.74 Å². The van der Waals surface area contributed by atoms with Crippen LogP contribution in [0.15, 0.2) is 59.7 Å². The Kier molecular flexibility index (Phi) is 4.88. The van der Waals surface area contributed by atoms with Crippen molar-refractivity contribution in [1.29, 1.82) is 0 Å². The Balaban J connectivity index is 1.26. The third-order valence-electron chi connectivity index (χ3n) is 5.93. The average Bonchev–Trinajstić information content (AvgIpc) is 3.19. The lowest BCUT2D eigenvalue weighted by atomic mass is 10.2. The molecule has 5 rings (SSSR count). The van der Waals surface area contributed by atoms with Gasteiger partial charge in [-0.2, -0.15) is 0 Å². The zero-order chi connectivity index (χ0) is 20.5. The number of nitrogens with one attached hydrogen (secondary N) is 1. The summed E-state index contributed by atoms with van der Waals surface area (Å²) in [6.07, 6.45) is 1.68. The Hall–Kier alpha value is -3.32. The lowest BCUT2D eigenvalue weighted by molar-refractivity contribution is 0.246. The highest BCUT2D eigenvalue weighted by Crippen LogP contribution is 2.28. The molecule has 1 N–H and O–H groups in total. The molecule has 4 aromatic rings. The third kappa shape index (κ3) is 3.31. The van der Waals surface area contributed by atoms with Crippen LogP contribution in [0.1, 0.15) is 0 Å². The normalized spacial score (nSPS) is 15.2. The Morgan fingerprint density at radius 3 is 2.60 bits per heavy atom. The first-order chi connectivity index (χ1) is 14.7. The molecule has 0 atom stereocenters. The van der Waals surface area contributed by atoms with Crippen LogP contribution in [-0.4, -0.2) is 59.3 Å². The standard InChI is InChI=1S/C23H25N5O2/c1-30-20-9-5-4-8-19(20)27-13-10-26(11-14-27)12-15-28-16-24-21-17-6-2-3-7-18(17)25-22(21)23(28)29/h2-9,16,25H,10-15H2,1H3. The molecule has 0 amide bonds. The van der Waals surface area contributed by atoms with Gasteiger partial charge in [-0.3, -0.25) is 14.3 Å². The molecule has 1 aliphatic heterocycles. The number of aromatic nitrogens is 3. The van der Waals surface area contributed by atoms with Crippen LogP contribution in [0, 0.1) is 0 Å². The summed E-state index contributed by atoms with van der Waals surface area (Å²) < 4.78 is 7.21. The Morgan fingerprint density at radius 2 is 1.77 bits per heavy atom. The summed E-state index contributed by atoms with van der Waals surface area (Å²) in [5.41, 5.74) is 3.41. The van der Waals surface area contributed by atoms with E-state index in [-0.39, 0.29) is 5.56 Å². The number of ether oxygens (including phenoxy) is 1. The molecule has 7 heteroatoms. The van der Waals surface area contributed by atoms with E-state index in [1.54, 1.807) is 18.0 Å². The van der Waals surface area contributed by atoms with Crippen LogP contribution in [0.2, 0.25) is 0 Å². The quantitative estimate of drug-likeness (QED) is 0.555. The van der Waals surface area contributed by atoms with Gasteiger partial charge in [0.15, 0.2) is 0 Å². The number of anilines is 1. The SMILES string of the molecule is COc1ccccc1N1CCN(CCn2cnc3c([nH]c4ccccc43)c2=O)CC1. The fourth-order valence-electron chi connectivity index (χ4n) is 4.25. The second kappa shape index (κ2) is 7.84. The summed E-state index contributed by atoms with van der Waals surface area (Å²) >= 11 is 0. The number of methoxy groups -OCH3 is 1. The number of hydrogen-bond donors (Lipinski definition) is 1. The number of H-pyrrole nitrogens is 1. The van der Waals surface area contributed by atoms with Crippen molar-refractivity contribution < 1.29 is 4.74 Å². The lowest BCUT2D eigenvalue weighted by Gasteiger charge is -2.36. The van der Waals surface area contributed by atoms with E-state index in [1.165, 1.54) is 0 Å². The monoisotopic (exact) mass is 403 g/mol. The van der Waals surface area contributed by atoms with Crippen LogP contribution in [0.3, 0.4) is 0 Å². The third-order valence-corrected chi connectivity index (χ3v) is 5.93. The van der Waals surface area contributed by atoms with Gasteiger partial charge in [0, 0.05) is 50.2 Å². The first-order valence-corrected chi connectivity index (χ1v) is 10.3. The first-order valence-electron chi connectivity index (χ1n) is 10.3. The molecule has 1 saturated heterocycles. The Labute approximate surface area is 174 Å². The van der Waals surface area contributed by atoms with Crippen LogP contribution < -0.4 is 15.2 Å². The zero-order valence-electron chi connectivity index (χ0n) is 17.0. The minimum absolute atomic E-state index is 0.0103. The Morgan fingerprint density at radius 1 is 1.00 bits per heavy atom. The average molecular weight is 403 g/mol. The second-order valence-electron chi connectivity index (χ2n) is 7.64. The number of aromatic amines is 1. The van der Waals surface area contributed by atoms with Crippen molar-refractivity contribution in [3.63, 3.8) is 0 Å². The number of para-hydroxylation sites is 3. The molecule has 1 aliphatic rings. The largest absolute Gasteiger partial charge is 0.495 e. The number of benzene rings is 2. The molecule has 0 aliphatic carbocycles. The van der Waals surface area contributed by atoms with Crippen LogP contribution in [-0.2, 0) is 6.54 Å². The fraction of sp³-hybridized carbons (Fsp3) is 0.304. The minimum atomic E-state index is -0.0103. The fourth-order valence-corrected chi connectivity index (χ4v) is 4.25. The molecule has 0 radical (unpaired) electrons. The molecule has 0 saturated carbocycles. The summed E-state index contributed by atoms with van der Waals surface area (Å²) in [6.45, 7) is 5.24. The van der Waals surface area contributed by atoms with E-state index in [9.17, 15) is 4.79 Å². The van der Waals surface area contributed by atoms with Crippen molar-refractivity contribution in [2.24, 2.45) is 0 Å². The lowest BCUT2D eigenvalue weighted by Crippen LogP contribution is -2.47. The van der Waals surface area contributed by atoms with Crippen molar-refractivity contribution in [1.82, 2.24) is 19.4 Å². The first kappa shape index (κ1) is 18.7. The molecule has 0 bridgehead atoms. The van der Waals surface area contributed by atoms with Crippen LogP contribution in [0.25, 0.3) is 21.9 Å². The predicted molar refractivity (Wildman–Crippen MR) is 120 cm³/mol. The van der Waals surface area contributed by atoms with Crippen LogP contribution in [0.5, 0.6) is 5.75 Å². The van der Waals surface area contributed by atoms with Gasteiger partial charge in [0.1, 0.15) is 16.8 Å². The number of piperazine rings is 1. The maximum Gasteiger partial charge on any atom is 0.277 e. The van der Waals surface area contributed by atoms with Gasteiger partial charge in [-0.25, -0.2) is 4.98 Å². The van der Waals surface area contributed by atoms with Gasteiger partial charge in [-0.1, -0.05) is 30.3 Å². The second-order valence-corrected chi connectivity index (χ2v) is 7.64. The molecule has 154 valence electrons. The van der Waals surface area contributed by atoms with Crippen molar-refractivity contribution >= 4 is 27.6 Å². The van der Waals surface area contributed by atoms with Gasteiger partial charge >= 0.3 is 0 Å². The molecular weight excluding hydrogens is 378 g/mol. The van der Waals surface area contributed by atoms with Gasteiger partial charge in [-0.15, -0.1) is 0 Å². The maximum absolute atomic E-state index is 12.9. The van der Waals surface area contributed by atoms with E-state index in [2.05, 4.69) is 25.8 Å². The topological polar surface area (TPSA) is 66.4 Å². The number of fused-ring (bicyclic) bond motifs is 3. The van der Waals surface area contributed by atoms with Crippen molar-refractivity contribution in [2.75, 3.05) is 44.7 Å². The summed E-state index contributed by atoms with van der Waals surface area (Å²) in [7, 11) is 1.71. The molecule has 2 aromatic carbocycles. The summed E-state index contributed by atoms with van der Waals surface area (Å²) in [5.74, 6) is 0.912. The highest BCUT2D eigenvalue weighted by molar-refractivity contribution is 6.04. The van der Waals surface area contributed by atoms with Crippen molar-refractivity contribution in [2.45, 2.75) is 6.54 Å². The smallest absolute Gasteiger partial charge is 0.277 e. The van der Waals surface area contributed by atoms with Gasteiger partial charge in [0.25, 0.3) is 5.56 Å². The molecule has 2 aromatic heterocycles. The van der Waals surface area contributed by atoms with Gasteiger partial charge < -0.3 is 14.6 Å².